The van der Waals surface area contributed by atoms with Crippen molar-refractivity contribution < 1.29 is 4.79 Å². The Morgan fingerprint density at radius 3 is 2.73 bits per heavy atom. The number of anilines is 2. The van der Waals surface area contributed by atoms with Gasteiger partial charge >= 0.3 is 5.69 Å². The fraction of sp³-hybridized carbons (Fsp3) is 0.429. The molecule has 15 heavy (non-hydrogen) atoms. The molecule has 1 amide bonds. The van der Waals surface area contributed by atoms with Crippen LogP contribution in [0.15, 0.2) is 4.79 Å². The van der Waals surface area contributed by atoms with E-state index in [1.54, 1.807) is 0 Å². The van der Waals surface area contributed by atoms with Crippen molar-refractivity contribution >= 4 is 30.4 Å². The standard InChI is InChI=1S/C7H9N5O2S/c8-5-9-6(11-7(14)10-5)12-2-3(15)1-4(12)13/h3,15H,1-2H2,(H3,8,9,10,11,14). The molecule has 3 N–H and O–H groups in total. The molecule has 1 fully saturated rings. The van der Waals surface area contributed by atoms with E-state index in [-0.39, 0.29) is 23.1 Å². The first-order chi connectivity index (χ1) is 7.06. The molecular weight excluding hydrogens is 218 g/mol. The number of aromatic amines is 1. The third-order valence-corrected chi connectivity index (χ3v) is 2.35. The zero-order chi connectivity index (χ0) is 11.0. The van der Waals surface area contributed by atoms with Gasteiger partial charge in [0.25, 0.3) is 0 Å². The number of thiol groups is 1. The molecule has 2 rings (SSSR count). The summed E-state index contributed by atoms with van der Waals surface area (Å²) in [4.78, 5) is 33.3. The summed E-state index contributed by atoms with van der Waals surface area (Å²) in [7, 11) is 0. The van der Waals surface area contributed by atoms with Gasteiger partial charge in [-0.2, -0.15) is 22.6 Å². The number of amides is 1. The largest absolute Gasteiger partial charge is 0.369 e. The second-order valence-corrected chi connectivity index (χ2v) is 3.93. The lowest BCUT2D eigenvalue weighted by Gasteiger charge is -2.12. The number of carbonyl (C=O) groups excluding carboxylic acids is 1. The molecule has 0 bridgehead atoms. The van der Waals surface area contributed by atoms with Gasteiger partial charge < -0.3 is 5.73 Å². The first-order valence-corrected chi connectivity index (χ1v) is 4.80. The third-order valence-electron chi connectivity index (χ3n) is 2.00. The summed E-state index contributed by atoms with van der Waals surface area (Å²) in [5, 5.41) is -0.0541. The van der Waals surface area contributed by atoms with Gasteiger partial charge in [-0.05, 0) is 0 Å². The summed E-state index contributed by atoms with van der Waals surface area (Å²) in [6, 6.07) is 0. The Labute approximate surface area is 90.1 Å². The number of rotatable bonds is 1. The minimum Gasteiger partial charge on any atom is -0.369 e. The fourth-order valence-corrected chi connectivity index (χ4v) is 1.71. The van der Waals surface area contributed by atoms with Crippen LogP contribution < -0.4 is 16.3 Å². The zero-order valence-electron chi connectivity index (χ0n) is 7.67. The number of hydrogen-bond acceptors (Lipinski definition) is 6. The van der Waals surface area contributed by atoms with Crippen molar-refractivity contribution in [2.24, 2.45) is 0 Å². The number of hydrogen-bond donors (Lipinski definition) is 3. The van der Waals surface area contributed by atoms with Crippen molar-refractivity contribution in [3.63, 3.8) is 0 Å². The molecule has 1 saturated heterocycles. The summed E-state index contributed by atoms with van der Waals surface area (Å²) in [5.41, 5.74) is 4.73. The molecule has 8 heteroatoms. The monoisotopic (exact) mass is 227 g/mol. The van der Waals surface area contributed by atoms with E-state index < -0.39 is 5.69 Å². The van der Waals surface area contributed by atoms with E-state index in [2.05, 4.69) is 27.6 Å². The van der Waals surface area contributed by atoms with E-state index in [9.17, 15) is 9.59 Å². The van der Waals surface area contributed by atoms with Crippen LogP contribution in [0.4, 0.5) is 11.9 Å². The SMILES string of the molecule is Nc1nc(N2CC(S)CC2=O)nc(=O)[nH]1. The molecule has 1 aliphatic heterocycles. The van der Waals surface area contributed by atoms with Gasteiger partial charge in [-0.1, -0.05) is 0 Å². The van der Waals surface area contributed by atoms with Crippen LogP contribution in [-0.2, 0) is 4.79 Å². The summed E-state index contributed by atoms with van der Waals surface area (Å²) in [5.74, 6) is -0.168. The van der Waals surface area contributed by atoms with Gasteiger partial charge in [-0.25, -0.2) is 4.79 Å². The average Bonchev–Trinajstić information content (AvgIpc) is 2.43. The number of nitrogens with zero attached hydrogens (tertiary/aromatic N) is 3. The number of aromatic nitrogens is 3. The predicted molar refractivity (Wildman–Crippen MR) is 56.8 cm³/mol. The molecule has 0 aliphatic carbocycles. The van der Waals surface area contributed by atoms with Crippen LogP contribution >= 0.6 is 12.6 Å². The van der Waals surface area contributed by atoms with Gasteiger partial charge in [-0.3, -0.25) is 14.7 Å². The first kappa shape index (κ1) is 9.97. The van der Waals surface area contributed by atoms with Crippen LogP contribution in [0.2, 0.25) is 0 Å². The van der Waals surface area contributed by atoms with E-state index in [1.165, 1.54) is 4.90 Å². The summed E-state index contributed by atoms with van der Waals surface area (Å²) in [6.07, 6.45) is 0.319. The third kappa shape index (κ3) is 1.94. The molecule has 0 aromatic carbocycles. The Hall–Kier alpha value is -1.57. The van der Waals surface area contributed by atoms with Crippen molar-refractivity contribution in [1.29, 1.82) is 0 Å². The topological polar surface area (TPSA) is 105 Å². The van der Waals surface area contributed by atoms with Crippen LogP contribution in [0, 0.1) is 0 Å². The van der Waals surface area contributed by atoms with E-state index in [0.717, 1.165) is 0 Å². The number of carbonyl (C=O) groups is 1. The predicted octanol–water partition coefficient (Wildman–Crippen LogP) is -1.22. The molecule has 0 spiro atoms. The van der Waals surface area contributed by atoms with Crippen LogP contribution in [-0.4, -0.2) is 32.7 Å². The first-order valence-electron chi connectivity index (χ1n) is 4.28. The van der Waals surface area contributed by atoms with Gasteiger partial charge in [0.15, 0.2) is 0 Å². The molecule has 1 aromatic rings. The summed E-state index contributed by atoms with van der Waals surface area (Å²) in [6.45, 7) is 0.394. The molecule has 2 heterocycles. The van der Waals surface area contributed by atoms with Gasteiger partial charge in [0, 0.05) is 18.2 Å². The van der Waals surface area contributed by atoms with E-state index in [4.69, 9.17) is 5.73 Å². The van der Waals surface area contributed by atoms with Crippen LogP contribution in [0.1, 0.15) is 6.42 Å². The van der Waals surface area contributed by atoms with Gasteiger partial charge in [-0.15, -0.1) is 0 Å². The number of nitrogens with one attached hydrogen (secondary N) is 1. The Kier molecular flexibility index (Phi) is 2.35. The highest BCUT2D eigenvalue weighted by molar-refractivity contribution is 7.81. The maximum atomic E-state index is 11.5. The van der Waals surface area contributed by atoms with Crippen LogP contribution in [0.5, 0.6) is 0 Å². The van der Waals surface area contributed by atoms with Gasteiger partial charge in [0.05, 0.1) is 0 Å². The quantitative estimate of drug-likeness (QED) is 0.522. The van der Waals surface area contributed by atoms with E-state index in [1.807, 2.05) is 0 Å². The molecule has 1 unspecified atom stereocenters. The molecule has 7 nitrogen and oxygen atoms in total. The smallest absolute Gasteiger partial charge is 0.351 e. The summed E-state index contributed by atoms with van der Waals surface area (Å²) < 4.78 is 0. The highest BCUT2D eigenvalue weighted by Gasteiger charge is 2.30. The van der Waals surface area contributed by atoms with Crippen molar-refractivity contribution in [3.05, 3.63) is 10.5 Å². The highest BCUT2D eigenvalue weighted by Crippen LogP contribution is 2.19. The van der Waals surface area contributed by atoms with Crippen molar-refractivity contribution in [3.8, 4) is 0 Å². The lowest BCUT2D eigenvalue weighted by atomic mass is 10.4. The Balaban J connectivity index is 2.37. The molecule has 0 saturated carbocycles. The van der Waals surface area contributed by atoms with E-state index in [0.29, 0.717) is 13.0 Å². The normalized spacial score (nSPS) is 21.0. The number of nitrogens with two attached hydrogens (primary N) is 1. The van der Waals surface area contributed by atoms with Crippen LogP contribution in [0.3, 0.4) is 0 Å². The lowest BCUT2D eigenvalue weighted by molar-refractivity contribution is -0.117. The second kappa shape index (κ2) is 3.54. The van der Waals surface area contributed by atoms with Crippen molar-refractivity contribution in [2.45, 2.75) is 11.7 Å². The maximum absolute atomic E-state index is 11.5. The molecular formula is C7H9N5O2S. The minimum absolute atomic E-state index is 0.0396. The van der Waals surface area contributed by atoms with Crippen molar-refractivity contribution in [1.82, 2.24) is 15.0 Å². The zero-order valence-corrected chi connectivity index (χ0v) is 8.57. The molecule has 0 radical (unpaired) electrons. The summed E-state index contributed by atoms with van der Waals surface area (Å²) >= 11 is 4.18. The molecule has 1 atom stereocenters. The van der Waals surface area contributed by atoms with Gasteiger partial charge in [0.2, 0.25) is 17.8 Å². The highest BCUT2D eigenvalue weighted by atomic mass is 32.1. The second-order valence-electron chi connectivity index (χ2n) is 3.20. The molecule has 80 valence electrons. The van der Waals surface area contributed by atoms with Crippen LogP contribution in [0.25, 0.3) is 0 Å². The fourth-order valence-electron chi connectivity index (χ4n) is 1.39. The number of nitrogen functional groups attached to an aromatic ring is 1. The Morgan fingerprint density at radius 2 is 2.20 bits per heavy atom. The van der Waals surface area contributed by atoms with E-state index >= 15 is 0 Å². The maximum Gasteiger partial charge on any atom is 0.351 e. The molecule has 1 aromatic heterocycles. The number of H-pyrrole nitrogens is 1. The van der Waals surface area contributed by atoms with Gasteiger partial charge in [0.1, 0.15) is 0 Å². The van der Waals surface area contributed by atoms with Crippen molar-refractivity contribution in [2.75, 3.05) is 17.2 Å². The minimum atomic E-state index is -0.618. The lowest BCUT2D eigenvalue weighted by Crippen LogP contribution is -2.30. The Bertz CT molecular complexity index is 459. The average molecular weight is 227 g/mol. The Morgan fingerprint density at radius 1 is 1.47 bits per heavy atom. The molecule has 1 aliphatic rings.